The maximum Gasteiger partial charge on any atom is 0.137 e. The van der Waals surface area contributed by atoms with Gasteiger partial charge < -0.3 is 13.9 Å². The molecule has 0 N–H and O–H groups in total. The molecule has 1 aliphatic carbocycles. The molecule has 10 rings (SSSR count). The molecule has 0 amide bonds. The van der Waals surface area contributed by atoms with Gasteiger partial charge in [-0.25, -0.2) is 0 Å². The first-order chi connectivity index (χ1) is 23.6. The lowest BCUT2D eigenvalue weighted by Gasteiger charge is -2.27. The number of rotatable bonds is 4. The molecule has 0 fully saturated rings. The van der Waals surface area contributed by atoms with Crippen LogP contribution in [0.1, 0.15) is 25.0 Å². The first-order valence-corrected chi connectivity index (χ1v) is 16.6. The van der Waals surface area contributed by atoms with Crippen LogP contribution in [-0.2, 0) is 5.41 Å². The second-order valence-corrected chi connectivity index (χ2v) is 13.4. The van der Waals surface area contributed by atoms with Crippen LogP contribution in [0.25, 0.3) is 60.6 Å². The van der Waals surface area contributed by atoms with Crippen molar-refractivity contribution in [1.29, 1.82) is 0 Å². The van der Waals surface area contributed by atoms with Crippen LogP contribution >= 0.6 is 0 Å². The molecule has 3 heteroatoms. The van der Waals surface area contributed by atoms with Crippen molar-refractivity contribution in [2.75, 3.05) is 4.90 Å². The molecule has 0 saturated carbocycles. The van der Waals surface area contributed by atoms with Crippen molar-refractivity contribution in [3.63, 3.8) is 0 Å². The fourth-order valence-corrected chi connectivity index (χ4v) is 8.18. The van der Waals surface area contributed by atoms with Gasteiger partial charge in [-0.2, -0.15) is 0 Å². The zero-order valence-corrected chi connectivity index (χ0v) is 26.8. The van der Waals surface area contributed by atoms with Crippen LogP contribution < -0.4 is 4.90 Å². The van der Waals surface area contributed by atoms with E-state index in [-0.39, 0.29) is 5.41 Å². The molecule has 0 saturated heterocycles. The van der Waals surface area contributed by atoms with E-state index < -0.39 is 0 Å². The fraction of sp³-hybridized carbons (Fsp3) is 0.0667. The first-order valence-electron chi connectivity index (χ1n) is 16.6. The molecule has 2 aromatic heterocycles. The Morgan fingerprint density at radius 2 is 1.17 bits per heavy atom. The number of para-hydroxylation sites is 3. The largest absolute Gasteiger partial charge is 0.456 e. The average Bonchev–Trinajstić information content (AvgIpc) is 3.74. The number of hydrogen-bond acceptors (Lipinski definition) is 2. The Morgan fingerprint density at radius 1 is 0.479 bits per heavy atom. The molecular formula is C45H32N2O. The van der Waals surface area contributed by atoms with Gasteiger partial charge in [0, 0.05) is 55.8 Å². The minimum Gasteiger partial charge on any atom is -0.456 e. The lowest BCUT2D eigenvalue weighted by Crippen LogP contribution is -2.15. The minimum absolute atomic E-state index is 0.0375. The van der Waals surface area contributed by atoms with Crippen molar-refractivity contribution in [3.8, 4) is 16.8 Å². The summed E-state index contributed by atoms with van der Waals surface area (Å²) in [6, 6.07) is 56.7. The van der Waals surface area contributed by atoms with Crippen molar-refractivity contribution in [2.24, 2.45) is 0 Å². The van der Waals surface area contributed by atoms with Crippen molar-refractivity contribution in [2.45, 2.75) is 19.3 Å². The molecule has 48 heavy (non-hydrogen) atoms. The second kappa shape index (κ2) is 9.97. The number of aromatic nitrogens is 1. The summed E-state index contributed by atoms with van der Waals surface area (Å²) >= 11 is 0. The van der Waals surface area contributed by atoms with Gasteiger partial charge in [0.1, 0.15) is 11.2 Å². The third-order valence-electron chi connectivity index (χ3n) is 10.4. The van der Waals surface area contributed by atoms with Crippen LogP contribution in [0, 0.1) is 0 Å². The smallest absolute Gasteiger partial charge is 0.137 e. The Kier molecular flexibility index (Phi) is 5.63. The van der Waals surface area contributed by atoms with Gasteiger partial charge in [0.05, 0.1) is 11.0 Å². The summed E-state index contributed by atoms with van der Waals surface area (Å²) < 4.78 is 9.06. The van der Waals surface area contributed by atoms with Crippen molar-refractivity contribution < 1.29 is 4.42 Å². The molecule has 9 aromatic rings. The Labute approximate surface area is 278 Å². The number of hydrogen-bond donors (Lipinski definition) is 0. The molecule has 1 aliphatic rings. The summed E-state index contributed by atoms with van der Waals surface area (Å²) in [6.07, 6.45) is 0. The highest BCUT2D eigenvalue weighted by Gasteiger charge is 2.35. The molecule has 0 unspecified atom stereocenters. The third kappa shape index (κ3) is 3.76. The van der Waals surface area contributed by atoms with E-state index in [1.165, 1.54) is 44.1 Å². The van der Waals surface area contributed by atoms with Crippen LogP contribution in [0.2, 0.25) is 0 Å². The zero-order chi connectivity index (χ0) is 32.0. The summed E-state index contributed by atoms with van der Waals surface area (Å²) in [5.41, 5.74) is 13.9. The van der Waals surface area contributed by atoms with Crippen molar-refractivity contribution >= 4 is 60.8 Å². The SMILES string of the molecule is CC1(C)c2ccccc2-c2cc(N(c3ccccc3)c3ccc4c(c3)oc3ccc5c(c6ccccc6n5-c5ccccc5)c34)ccc21. The van der Waals surface area contributed by atoms with Gasteiger partial charge in [-0.15, -0.1) is 0 Å². The minimum atomic E-state index is -0.0375. The predicted octanol–water partition coefficient (Wildman–Crippen LogP) is 12.5. The van der Waals surface area contributed by atoms with E-state index in [9.17, 15) is 0 Å². The molecule has 228 valence electrons. The number of nitrogens with zero attached hydrogens (tertiary/aromatic N) is 2. The lowest BCUT2D eigenvalue weighted by atomic mass is 9.82. The van der Waals surface area contributed by atoms with Gasteiger partial charge in [-0.1, -0.05) is 98.8 Å². The Morgan fingerprint density at radius 3 is 2.02 bits per heavy atom. The molecular weight excluding hydrogens is 585 g/mol. The molecule has 0 spiro atoms. The molecule has 0 atom stereocenters. The molecule has 0 radical (unpaired) electrons. The van der Waals surface area contributed by atoms with Gasteiger partial charge in [0.2, 0.25) is 0 Å². The summed E-state index contributed by atoms with van der Waals surface area (Å²) in [6.45, 7) is 4.66. The normalized spacial score (nSPS) is 13.4. The maximum atomic E-state index is 6.70. The highest BCUT2D eigenvalue weighted by Crippen LogP contribution is 2.51. The van der Waals surface area contributed by atoms with E-state index in [1.54, 1.807) is 0 Å². The summed E-state index contributed by atoms with van der Waals surface area (Å²) in [7, 11) is 0. The van der Waals surface area contributed by atoms with E-state index in [0.29, 0.717) is 0 Å². The number of anilines is 3. The van der Waals surface area contributed by atoms with Crippen molar-refractivity contribution in [3.05, 3.63) is 169 Å². The van der Waals surface area contributed by atoms with E-state index in [4.69, 9.17) is 4.42 Å². The third-order valence-corrected chi connectivity index (χ3v) is 10.4. The predicted molar refractivity (Wildman–Crippen MR) is 200 cm³/mol. The molecule has 3 nitrogen and oxygen atoms in total. The molecule has 0 bridgehead atoms. The Bertz CT molecular complexity index is 2700. The Balaban J connectivity index is 1.19. The fourth-order valence-electron chi connectivity index (χ4n) is 8.18. The zero-order valence-electron chi connectivity index (χ0n) is 26.8. The quantitative estimate of drug-likeness (QED) is 0.196. The second-order valence-electron chi connectivity index (χ2n) is 13.4. The van der Waals surface area contributed by atoms with Gasteiger partial charge in [-0.05, 0) is 89.0 Å². The standard InChI is InChI=1S/C45H32N2O/c1-45(2)37-19-11-9-17-33(37)36-27-31(22-24-38(36)45)46(29-13-5-3-6-14-29)32-21-23-35-42(28-32)48-41-26-25-40-43(44(35)41)34-18-10-12-20-39(34)47(40)30-15-7-4-8-16-30/h3-28H,1-2H3. The van der Waals surface area contributed by atoms with Crippen LogP contribution in [0.5, 0.6) is 0 Å². The lowest BCUT2D eigenvalue weighted by molar-refractivity contribution is 0.660. The maximum absolute atomic E-state index is 6.70. The summed E-state index contributed by atoms with van der Waals surface area (Å²) in [5, 5.41) is 4.72. The molecule has 2 heterocycles. The van der Waals surface area contributed by atoms with Gasteiger partial charge in [-0.3, -0.25) is 0 Å². The number of benzene rings is 7. The molecule has 7 aromatic carbocycles. The van der Waals surface area contributed by atoms with Gasteiger partial charge in [0.15, 0.2) is 0 Å². The summed E-state index contributed by atoms with van der Waals surface area (Å²) in [5.74, 6) is 0. The highest BCUT2D eigenvalue weighted by molar-refractivity contribution is 6.27. The monoisotopic (exact) mass is 616 g/mol. The molecule has 0 aliphatic heterocycles. The van der Waals surface area contributed by atoms with Crippen LogP contribution in [-0.4, -0.2) is 4.57 Å². The summed E-state index contributed by atoms with van der Waals surface area (Å²) in [4.78, 5) is 2.34. The average molecular weight is 617 g/mol. The Hall–Kier alpha value is -6.06. The van der Waals surface area contributed by atoms with E-state index in [0.717, 1.165) is 44.7 Å². The van der Waals surface area contributed by atoms with Crippen LogP contribution in [0.4, 0.5) is 17.1 Å². The first kappa shape index (κ1) is 27.1. The highest BCUT2D eigenvalue weighted by atomic mass is 16.3. The van der Waals surface area contributed by atoms with Crippen molar-refractivity contribution in [1.82, 2.24) is 4.57 Å². The van der Waals surface area contributed by atoms with E-state index in [2.05, 4.69) is 181 Å². The topological polar surface area (TPSA) is 21.3 Å². The van der Waals surface area contributed by atoms with Gasteiger partial charge >= 0.3 is 0 Å². The van der Waals surface area contributed by atoms with Gasteiger partial charge in [0.25, 0.3) is 0 Å². The van der Waals surface area contributed by atoms with E-state index in [1.807, 2.05) is 0 Å². The number of furan rings is 1. The van der Waals surface area contributed by atoms with Crippen LogP contribution in [0.15, 0.2) is 162 Å². The van der Waals surface area contributed by atoms with Crippen LogP contribution in [0.3, 0.4) is 0 Å². The number of fused-ring (bicyclic) bond motifs is 10. The van der Waals surface area contributed by atoms with E-state index >= 15 is 0 Å².